The molecule has 26 heavy (non-hydrogen) atoms. The Bertz CT molecular complexity index is 692. The van der Waals surface area contributed by atoms with Crippen molar-refractivity contribution in [3.63, 3.8) is 0 Å². The van der Waals surface area contributed by atoms with E-state index < -0.39 is 0 Å². The molecule has 0 aromatic carbocycles. The summed E-state index contributed by atoms with van der Waals surface area (Å²) in [6.45, 7) is 4.59. The van der Waals surface area contributed by atoms with Crippen LogP contribution >= 0.6 is 11.8 Å². The van der Waals surface area contributed by atoms with Gasteiger partial charge in [0, 0.05) is 37.5 Å². The van der Waals surface area contributed by atoms with Crippen LogP contribution in [0, 0.1) is 18.8 Å². The summed E-state index contributed by atoms with van der Waals surface area (Å²) in [6.07, 6.45) is 5.20. The summed E-state index contributed by atoms with van der Waals surface area (Å²) in [5.41, 5.74) is 0.859. The number of ether oxygens (including phenoxy) is 1. The smallest absolute Gasteiger partial charge is 0.275 e. The zero-order valence-corrected chi connectivity index (χ0v) is 16.0. The quantitative estimate of drug-likeness (QED) is 0.850. The standard InChI is InChI=1S/C18H26N4O3S/c1-11-16(21-25-20-11)17(23)19-8-13-14-9-22(12-3-6-26-7-4-12)10-18(14)5-2-15(13)24-18/h12-15H,2-10H2,1H3,(H,19,23)/t13-,14+,15+,18+/m0/s1. The Morgan fingerprint density at radius 3 is 2.96 bits per heavy atom. The Morgan fingerprint density at radius 2 is 2.19 bits per heavy atom. The molecule has 7 nitrogen and oxygen atoms in total. The average molecular weight is 378 g/mol. The van der Waals surface area contributed by atoms with Crippen molar-refractivity contribution in [3.05, 3.63) is 11.4 Å². The van der Waals surface area contributed by atoms with Crippen LogP contribution in [-0.2, 0) is 4.74 Å². The van der Waals surface area contributed by atoms with Crippen LogP contribution in [0.4, 0.5) is 0 Å². The highest BCUT2D eigenvalue weighted by atomic mass is 32.2. The van der Waals surface area contributed by atoms with Gasteiger partial charge in [0.05, 0.1) is 11.7 Å². The van der Waals surface area contributed by atoms with Gasteiger partial charge in [-0.1, -0.05) is 5.16 Å². The third-order valence-corrected chi connectivity index (χ3v) is 7.93. The SMILES string of the molecule is Cc1nonc1C(=O)NC[C@H]1[C@H]2CN(C3CCSCC3)C[C@]23CC[C@H]1O3. The molecule has 4 atom stereocenters. The second-order valence-electron chi connectivity index (χ2n) is 8.21. The Labute approximate surface area is 157 Å². The molecular formula is C18H26N4O3S. The van der Waals surface area contributed by atoms with Crippen molar-refractivity contribution in [3.8, 4) is 0 Å². The fraction of sp³-hybridized carbons (Fsp3) is 0.833. The maximum absolute atomic E-state index is 12.4. The molecular weight excluding hydrogens is 352 g/mol. The molecule has 2 bridgehead atoms. The number of fused-ring (bicyclic) bond motifs is 1. The van der Waals surface area contributed by atoms with Crippen molar-refractivity contribution in [2.24, 2.45) is 11.8 Å². The number of aryl methyl sites for hydroxylation is 1. The van der Waals surface area contributed by atoms with Gasteiger partial charge in [-0.25, -0.2) is 4.63 Å². The highest BCUT2D eigenvalue weighted by Gasteiger charge is 2.63. The van der Waals surface area contributed by atoms with Crippen molar-refractivity contribution in [1.82, 2.24) is 20.5 Å². The molecule has 0 unspecified atom stereocenters. The summed E-state index contributed by atoms with van der Waals surface area (Å²) in [5.74, 6) is 3.31. The number of nitrogens with one attached hydrogen (secondary N) is 1. The van der Waals surface area contributed by atoms with E-state index in [2.05, 4.69) is 36.9 Å². The number of nitrogens with zero attached hydrogens (tertiary/aromatic N) is 3. The Kier molecular flexibility index (Phi) is 4.25. The first kappa shape index (κ1) is 17.0. The van der Waals surface area contributed by atoms with E-state index in [1.807, 2.05) is 0 Å². The van der Waals surface area contributed by atoms with E-state index in [0.29, 0.717) is 30.2 Å². The lowest BCUT2D eigenvalue weighted by Crippen LogP contribution is -2.42. The highest BCUT2D eigenvalue weighted by molar-refractivity contribution is 7.99. The first-order valence-electron chi connectivity index (χ1n) is 9.73. The topological polar surface area (TPSA) is 80.5 Å². The summed E-state index contributed by atoms with van der Waals surface area (Å²) in [7, 11) is 0. The van der Waals surface area contributed by atoms with Gasteiger partial charge in [-0.05, 0) is 49.3 Å². The van der Waals surface area contributed by atoms with Crippen LogP contribution in [0.25, 0.3) is 0 Å². The van der Waals surface area contributed by atoms with Gasteiger partial charge < -0.3 is 10.1 Å². The van der Waals surface area contributed by atoms with Crippen LogP contribution in [-0.4, -0.2) is 70.0 Å². The fourth-order valence-electron chi connectivity index (χ4n) is 5.56. The summed E-state index contributed by atoms with van der Waals surface area (Å²) < 4.78 is 11.2. The third-order valence-electron chi connectivity index (χ3n) is 6.88. The van der Waals surface area contributed by atoms with E-state index in [4.69, 9.17) is 4.74 Å². The summed E-state index contributed by atoms with van der Waals surface area (Å²) in [6, 6.07) is 0.720. The van der Waals surface area contributed by atoms with Crippen molar-refractivity contribution in [2.45, 2.75) is 50.4 Å². The Morgan fingerprint density at radius 1 is 1.35 bits per heavy atom. The molecule has 1 aromatic rings. The van der Waals surface area contributed by atoms with Crippen LogP contribution in [0.15, 0.2) is 4.63 Å². The van der Waals surface area contributed by atoms with Crippen LogP contribution in [0.1, 0.15) is 41.9 Å². The lowest BCUT2D eigenvalue weighted by atomic mass is 9.73. The normalized spacial score (nSPS) is 37.2. The molecule has 0 radical (unpaired) electrons. The van der Waals surface area contributed by atoms with Gasteiger partial charge in [-0.15, -0.1) is 0 Å². The van der Waals surface area contributed by atoms with Crippen molar-refractivity contribution in [1.29, 1.82) is 0 Å². The molecule has 4 saturated heterocycles. The largest absolute Gasteiger partial charge is 0.370 e. The molecule has 1 spiro atoms. The summed E-state index contributed by atoms with van der Waals surface area (Å²) >= 11 is 2.08. The van der Waals surface area contributed by atoms with Crippen LogP contribution < -0.4 is 5.32 Å². The maximum atomic E-state index is 12.4. The zero-order valence-electron chi connectivity index (χ0n) is 15.1. The molecule has 4 aliphatic rings. The average Bonchev–Trinajstić information content (AvgIpc) is 3.40. The lowest BCUT2D eigenvalue weighted by molar-refractivity contribution is -0.00150. The van der Waals surface area contributed by atoms with Gasteiger partial charge in [-0.3, -0.25) is 9.69 Å². The van der Waals surface area contributed by atoms with E-state index in [0.717, 1.165) is 25.6 Å². The molecule has 4 aliphatic heterocycles. The zero-order chi connectivity index (χ0) is 17.7. The Hall–Kier alpha value is -1.12. The molecule has 1 aromatic heterocycles. The number of thioether (sulfide) groups is 1. The van der Waals surface area contributed by atoms with Crippen LogP contribution in [0.3, 0.4) is 0 Å². The summed E-state index contributed by atoms with van der Waals surface area (Å²) in [4.78, 5) is 15.1. The number of hydrogen-bond donors (Lipinski definition) is 1. The first-order valence-corrected chi connectivity index (χ1v) is 10.9. The van der Waals surface area contributed by atoms with Gasteiger partial charge in [-0.2, -0.15) is 11.8 Å². The predicted molar refractivity (Wildman–Crippen MR) is 97.1 cm³/mol. The van der Waals surface area contributed by atoms with Gasteiger partial charge in [0.15, 0.2) is 5.69 Å². The van der Waals surface area contributed by atoms with Crippen molar-refractivity contribution in [2.75, 3.05) is 31.1 Å². The second kappa shape index (κ2) is 6.49. The van der Waals surface area contributed by atoms with Gasteiger partial charge >= 0.3 is 0 Å². The first-order chi connectivity index (χ1) is 12.7. The van der Waals surface area contributed by atoms with E-state index >= 15 is 0 Å². The minimum Gasteiger partial charge on any atom is -0.370 e. The highest BCUT2D eigenvalue weighted by Crippen LogP contribution is 2.55. The van der Waals surface area contributed by atoms with Gasteiger partial charge in [0.1, 0.15) is 5.69 Å². The number of aromatic nitrogens is 2. The molecule has 1 amide bonds. The minimum atomic E-state index is -0.195. The maximum Gasteiger partial charge on any atom is 0.275 e. The second-order valence-corrected chi connectivity index (χ2v) is 9.44. The number of amides is 1. The van der Waals surface area contributed by atoms with Crippen molar-refractivity contribution >= 4 is 17.7 Å². The molecule has 4 fully saturated rings. The third kappa shape index (κ3) is 2.68. The fourth-order valence-corrected chi connectivity index (χ4v) is 6.64. The predicted octanol–water partition coefficient (Wildman–Crippen LogP) is 1.48. The van der Waals surface area contributed by atoms with Gasteiger partial charge in [0.25, 0.3) is 5.91 Å². The van der Waals surface area contributed by atoms with Crippen LogP contribution in [0.2, 0.25) is 0 Å². The minimum absolute atomic E-state index is 0.0377. The number of rotatable bonds is 4. The summed E-state index contributed by atoms with van der Waals surface area (Å²) in [5, 5.41) is 10.5. The van der Waals surface area contributed by atoms with E-state index in [1.54, 1.807) is 6.92 Å². The molecule has 0 aliphatic carbocycles. The molecule has 5 rings (SSSR count). The Balaban J connectivity index is 1.26. The molecule has 5 heterocycles. The number of likely N-dealkylation sites (tertiary alicyclic amines) is 1. The lowest BCUT2D eigenvalue weighted by Gasteiger charge is -2.32. The van der Waals surface area contributed by atoms with Crippen molar-refractivity contribution < 1.29 is 14.2 Å². The monoisotopic (exact) mass is 378 g/mol. The molecule has 8 heteroatoms. The number of carbonyl (C=O) groups excluding carboxylic acids is 1. The van der Waals surface area contributed by atoms with E-state index in [-0.39, 0.29) is 17.2 Å². The molecule has 0 saturated carbocycles. The molecule has 142 valence electrons. The molecule has 1 N–H and O–H groups in total. The van der Waals surface area contributed by atoms with Gasteiger partial charge in [0.2, 0.25) is 0 Å². The van der Waals surface area contributed by atoms with E-state index in [1.165, 1.54) is 30.8 Å². The number of carbonyl (C=O) groups is 1. The van der Waals surface area contributed by atoms with Crippen LogP contribution in [0.5, 0.6) is 0 Å². The van der Waals surface area contributed by atoms with E-state index in [9.17, 15) is 4.79 Å². The number of hydrogen-bond acceptors (Lipinski definition) is 7.